The Labute approximate surface area is 150 Å². The molecular formula is C19H18ClNO4. The highest BCUT2D eigenvalue weighted by atomic mass is 35.5. The maximum Gasteiger partial charge on any atom is 0.324 e. The first kappa shape index (κ1) is 17.3. The lowest BCUT2D eigenvalue weighted by atomic mass is 9.96. The van der Waals surface area contributed by atoms with Gasteiger partial charge in [0.15, 0.2) is 5.92 Å². The van der Waals surface area contributed by atoms with Crippen LogP contribution in [0.1, 0.15) is 25.3 Å². The number of hydrogen-bond donors (Lipinski definition) is 0. The molecule has 130 valence electrons. The average molecular weight is 360 g/mol. The van der Waals surface area contributed by atoms with Crippen LogP contribution in [0.15, 0.2) is 42.6 Å². The molecule has 0 radical (unpaired) electrons. The van der Waals surface area contributed by atoms with Gasteiger partial charge in [-0.25, -0.2) is 0 Å². The van der Waals surface area contributed by atoms with Gasteiger partial charge >= 0.3 is 11.9 Å². The second-order valence-corrected chi connectivity index (χ2v) is 5.91. The molecule has 0 aliphatic rings. The van der Waals surface area contributed by atoms with Crippen LogP contribution >= 0.6 is 11.6 Å². The van der Waals surface area contributed by atoms with E-state index in [0.717, 1.165) is 16.4 Å². The third-order valence-corrected chi connectivity index (χ3v) is 4.20. The number of carbonyl (C=O) groups excluding carboxylic acids is 2. The minimum atomic E-state index is -1.14. The van der Waals surface area contributed by atoms with Gasteiger partial charge in [-0.1, -0.05) is 29.8 Å². The summed E-state index contributed by atoms with van der Waals surface area (Å²) in [4.78, 5) is 25.1. The molecule has 1 aromatic carbocycles. The molecule has 6 heteroatoms. The monoisotopic (exact) mass is 359 g/mol. The summed E-state index contributed by atoms with van der Waals surface area (Å²) in [7, 11) is 0. The number of pyridine rings is 1. The van der Waals surface area contributed by atoms with E-state index < -0.39 is 17.9 Å². The van der Waals surface area contributed by atoms with E-state index in [-0.39, 0.29) is 13.2 Å². The summed E-state index contributed by atoms with van der Waals surface area (Å²) in [6, 6.07) is 11.1. The quantitative estimate of drug-likeness (QED) is 0.511. The van der Waals surface area contributed by atoms with Crippen LogP contribution in [0.25, 0.3) is 16.4 Å². The lowest BCUT2D eigenvalue weighted by molar-refractivity contribution is -0.156. The predicted octanol–water partition coefficient (Wildman–Crippen LogP) is 3.96. The average Bonchev–Trinajstić information content (AvgIpc) is 2.90. The third kappa shape index (κ3) is 3.07. The van der Waals surface area contributed by atoms with Crippen molar-refractivity contribution in [3.8, 4) is 0 Å². The first-order valence-corrected chi connectivity index (χ1v) is 8.47. The van der Waals surface area contributed by atoms with Gasteiger partial charge in [-0.2, -0.15) is 0 Å². The highest BCUT2D eigenvalue weighted by Crippen LogP contribution is 2.35. The molecular weight excluding hydrogens is 342 g/mol. The number of carbonyl (C=O) groups is 2. The standard InChI is InChI=1S/C19H18ClNO4/c1-3-24-18(22)17(19(23)25-4-2)16-13-7-5-6-8-14(13)21-11-12(20)9-10-15(16)21/h5-11,17H,3-4H2,1-2H3. The highest BCUT2D eigenvalue weighted by Gasteiger charge is 2.35. The number of rotatable bonds is 5. The Morgan fingerprint density at radius 1 is 1.00 bits per heavy atom. The maximum atomic E-state index is 12.6. The van der Waals surface area contributed by atoms with E-state index in [2.05, 4.69) is 0 Å². The lowest BCUT2D eigenvalue weighted by Gasteiger charge is -2.14. The smallest absolute Gasteiger partial charge is 0.324 e. The Bertz CT molecular complexity index is 929. The van der Waals surface area contributed by atoms with Crippen LogP contribution in [0.3, 0.4) is 0 Å². The van der Waals surface area contributed by atoms with E-state index >= 15 is 0 Å². The molecule has 0 saturated heterocycles. The van der Waals surface area contributed by atoms with Crippen molar-refractivity contribution >= 4 is 40.0 Å². The molecule has 25 heavy (non-hydrogen) atoms. The fourth-order valence-electron chi connectivity index (χ4n) is 3.03. The minimum absolute atomic E-state index is 0.185. The van der Waals surface area contributed by atoms with Crippen LogP contribution < -0.4 is 0 Å². The Hall–Kier alpha value is -2.53. The highest BCUT2D eigenvalue weighted by molar-refractivity contribution is 6.30. The fraction of sp³-hybridized carbons (Fsp3) is 0.263. The van der Waals surface area contributed by atoms with Crippen molar-refractivity contribution in [1.82, 2.24) is 4.40 Å². The molecule has 2 heterocycles. The first-order chi connectivity index (χ1) is 12.1. The van der Waals surface area contributed by atoms with E-state index in [1.165, 1.54) is 0 Å². The van der Waals surface area contributed by atoms with Crippen LogP contribution in [0.4, 0.5) is 0 Å². The molecule has 0 saturated carbocycles. The van der Waals surface area contributed by atoms with Gasteiger partial charge in [0.25, 0.3) is 0 Å². The Kier molecular flexibility index (Phi) is 4.95. The van der Waals surface area contributed by atoms with Crippen molar-refractivity contribution < 1.29 is 19.1 Å². The topological polar surface area (TPSA) is 57.0 Å². The number of ether oxygens (including phenoxy) is 2. The number of para-hydroxylation sites is 1. The molecule has 0 spiro atoms. The Morgan fingerprint density at radius 3 is 2.28 bits per heavy atom. The summed E-state index contributed by atoms with van der Waals surface area (Å²) in [5.41, 5.74) is 2.15. The van der Waals surface area contributed by atoms with Crippen molar-refractivity contribution in [2.24, 2.45) is 0 Å². The Balaban J connectivity index is 2.32. The van der Waals surface area contributed by atoms with Crippen LogP contribution in [-0.4, -0.2) is 29.6 Å². The maximum absolute atomic E-state index is 12.6. The first-order valence-electron chi connectivity index (χ1n) is 8.10. The van der Waals surface area contributed by atoms with Crippen LogP contribution in [-0.2, 0) is 19.1 Å². The Morgan fingerprint density at radius 2 is 1.64 bits per heavy atom. The van der Waals surface area contributed by atoms with Gasteiger partial charge in [0.2, 0.25) is 0 Å². The summed E-state index contributed by atoms with van der Waals surface area (Å²) in [5, 5.41) is 1.35. The summed E-state index contributed by atoms with van der Waals surface area (Å²) < 4.78 is 12.2. The van der Waals surface area contributed by atoms with Gasteiger partial charge in [-0.05, 0) is 32.0 Å². The largest absolute Gasteiger partial charge is 0.465 e. The van der Waals surface area contributed by atoms with Crippen LogP contribution in [0.5, 0.6) is 0 Å². The SMILES string of the molecule is CCOC(=O)C(C(=O)OCC)c1c2ccccc2n2cc(Cl)ccc12. The van der Waals surface area contributed by atoms with Crippen molar-refractivity contribution in [3.05, 3.63) is 53.2 Å². The van der Waals surface area contributed by atoms with Crippen molar-refractivity contribution in [2.75, 3.05) is 13.2 Å². The molecule has 3 aromatic rings. The molecule has 0 atom stereocenters. The number of benzene rings is 1. The molecule has 0 unspecified atom stereocenters. The van der Waals surface area contributed by atoms with Crippen LogP contribution in [0, 0.1) is 0 Å². The molecule has 0 N–H and O–H groups in total. The number of hydrogen-bond acceptors (Lipinski definition) is 4. The second kappa shape index (κ2) is 7.15. The summed E-state index contributed by atoms with van der Waals surface area (Å²) in [5.74, 6) is -2.38. The zero-order valence-corrected chi connectivity index (χ0v) is 14.7. The van der Waals surface area contributed by atoms with Crippen molar-refractivity contribution in [1.29, 1.82) is 0 Å². The van der Waals surface area contributed by atoms with E-state index in [0.29, 0.717) is 10.6 Å². The van der Waals surface area contributed by atoms with Gasteiger partial charge in [-0.15, -0.1) is 0 Å². The molecule has 0 amide bonds. The van der Waals surface area contributed by atoms with Gasteiger partial charge in [0, 0.05) is 17.1 Å². The van der Waals surface area contributed by atoms with Gasteiger partial charge in [-0.3, -0.25) is 9.59 Å². The number of aromatic nitrogens is 1. The van der Waals surface area contributed by atoms with E-state index in [1.54, 1.807) is 32.2 Å². The molecule has 2 aromatic heterocycles. The van der Waals surface area contributed by atoms with Gasteiger partial charge < -0.3 is 13.9 Å². The molecule has 3 rings (SSSR count). The summed E-state index contributed by atoms with van der Waals surface area (Å²) in [6.45, 7) is 3.78. The predicted molar refractivity (Wildman–Crippen MR) is 95.9 cm³/mol. The molecule has 0 bridgehead atoms. The van der Waals surface area contributed by atoms with Gasteiger partial charge in [0.05, 0.1) is 29.3 Å². The van der Waals surface area contributed by atoms with Gasteiger partial charge in [0.1, 0.15) is 0 Å². The lowest BCUT2D eigenvalue weighted by Crippen LogP contribution is -2.26. The second-order valence-electron chi connectivity index (χ2n) is 5.47. The van der Waals surface area contributed by atoms with E-state index in [9.17, 15) is 9.59 Å². The zero-order chi connectivity index (χ0) is 18.0. The van der Waals surface area contributed by atoms with E-state index in [4.69, 9.17) is 21.1 Å². The summed E-state index contributed by atoms with van der Waals surface area (Å²) >= 11 is 6.13. The molecule has 0 aliphatic heterocycles. The molecule has 0 aliphatic carbocycles. The number of esters is 2. The van der Waals surface area contributed by atoms with Crippen molar-refractivity contribution in [3.63, 3.8) is 0 Å². The minimum Gasteiger partial charge on any atom is -0.465 e. The number of nitrogens with zero attached hydrogens (tertiary/aromatic N) is 1. The number of fused-ring (bicyclic) bond motifs is 3. The normalized spacial score (nSPS) is 11.2. The van der Waals surface area contributed by atoms with E-state index in [1.807, 2.05) is 28.7 Å². The molecule has 5 nitrogen and oxygen atoms in total. The molecule has 0 fully saturated rings. The summed E-state index contributed by atoms with van der Waals surface area (Å²) in [6.07, 6.45) is 1.76. The van der Waals surface area contributed by atoms with Crippen molar-refractivity contribution in [2.45, 2.75) is 19.8 Å². The zero-order valence-electron chi connectivity index (χ0n) is 14.0. The third-order valence-electron chi connectivity index (χ3n) is 3.98. The van der Waals surface area contributed by atoms with Crippen LogP contribution in [0.2, 0.25) is 5.02 Å². The fourth-order valence-corrected chi connectivity index (χ4v) is 3.19. The number of halogens is 1.